The molecule has 2 N–H and O–H groups in total. The summed E-state index contributed by atoms with van der Waals surface area (Å²) >= 11 is 6.04. The topological polar surface area (TPSA) is 67.2 Å². The van der Waals surface area contributed by atoms with Crippen molar-refractivity contribution in [2.75, 3.05) is 5.32 Å². The zero-order valence-electron chi connectivity index (χ0n) is 10.6. The fraction of sp³-hybridized carbons (Fsp3) is 0.231. The molecule has 0 aliphatic carbocycles. The molecular formula is C13H14ClN3O2. The van der Waals surface area contributed by atoms with E-state index in [1.165, 1.54) is 6.20 Å². The molecule has 0 radical (unpaired) electrons. The maximum Gasteiger partial charge on any atom is 0.339 e. The monoisotopic (exact) mass is 279 g/mol. The van der Waals surface area contributed by atoms with Crippen molar-refractivity contribution in [3.05, 3.63) is 46.2 Å². The summed E-state index contributed by atoms with van der Waals surface area (Å²) in [7, 11) is 1.72. The minimum Gasteiger partial charge on any atom is -0.478 e. The number of aromatic carboxylic acids is 1. The number of hydrogen-bond donors (Lipinski definition) is 2. The van der Waals surface area contributed by atoms with Gasteiger partial charge >= 0.3 is 5.97 Å². The Hall–Kier alpha value is -2.01. The van der Waals surface area contributed by atoms with Gasteiger partial charge in [0.05, 0.1) is 18.4 Å². The van der Waals surface area contributed by atoms with Crippen LogP contribution in [0.2, 0.25) is 5.02 Å². The van der Waals surface area contributed by atoms with Gasteiger partial charge in [-0.25, -0.2) is 4.79 Å². The maximum atomic E-state index is 11.1. The lowest BCUT2D eigenvalue weighted by Gasteiger charge is -2.11. The minimum atomic E-state index is -0.979. The van der Waals surface area contributed by atoms with Crippen molar-refractivity contribution >= 4 is 23.3 Å². The molecule has 0 aliphatic rings. The average Bonchev–Trinajstić information content (AvgIpc) is 2.73. The molecule has 2 aromatic rings. The quantitative estimate of drug-likeness (QED) is 0.903. The highest BCUT2D eigenvalue weighted by Crippen LogP contribution is 2.23. The number of rotatable bonds is 4. The summed E-state index contributed by atoms with van der Waals surface area (Å²) in [6.45, 7) is 2.28. The zero-order valence-corrected chi connectivity index (χ0v) is 11.4. The van der Waals surface area contributed by atoms with E-state index >= 15 is 0 Å². The highest BCUT2D eigenvalue weighted by atomic mass is 35.5. The molecule has 6 heteroatoms. The van der Waals surface area contributed by atoms with Crippen LogP contribution in [0, 0.1) is 6.92 Å². The van der Waals surface area contributed by atoms with Gasteiger partial charge in [-0.1, -0.05) is 17.7 Å². The van der Waals surface area contributed by atoms with Gasteiger partial charge in [0.25, 0.3) is 0 Å². The Bertz CT molecular complexity index is 622. The van der Waals surface area contributed by atoms with Crippen LogP contribution < -0.4 is 5.32 Å². The van der Waals surface area contributed by atoms with Gasteiger partial charge in [-0.15, -0.1) is 0 Å². The predicted octanol–water partition coefficient (Wildman–Crippen LogP) is 2.69. The van der Waals surface area contributed by atoms with Crippen molar-refractivity contribution in [1.82, 2.24) is 9.78 Å². The molecule has 0 saturated carbocycles. The van der Waals surface area contributed by atoms with Crippen LogP contribution in [-0.2, 0) is 13.6 Å². The lowest BCUT2D eigenvalue weighted by molar-refractivity contribution is 0.0695. The van der Waals surface area contributed by atoms with Crippen molar-refractivity contribution in [3.63, 3.8) is 0 Å². The van der Waals surface area contributed by atoms with Gasteiger partial charge in [0.15, 0.2) is 0 Å². The summed E-state index contributed by atoms with van der Waals surface area (Å²) in [4.78, 5) is 11.1. The Morgan fingerprint density at radius 2 is 2.26 bits per heavy atom. The maximum absolute atomic E-state index is 11.1. The smallest absolute Gasteiger partial charge is 0.339 e. The summed E-state index contributed by atoms with van der Waals surface area (Å²) < 4.78 is 1.55. The number of aromatic nitrogens is 2. The first-order valence-corrected chi connectivity index (χ1v) is 6.11. The number of benzene rings is 1. The van der Waals surface area contributed by atoms with Crippen LogP contribution in [0.5, 0.6) is 0 Å². The van der Waals surface area contributed by atoms with E-state index in [0.29, 0.717) is 17.3 Å². The fourth-order valence-electron chi connectivity index (χ4n) is 1.83. The molecule has 1 aromatic carbocycles. The predicted molar refractivity (Wildman–Crippen MR) is 73.7 cm³/mol. The summed E-state index contributed by atoms with van der Waals surface area (Å²) in [6, 6.07) is 5.56. The van der Waals surface area contributed by atoms with Crippen molar-refractivity contribution in [1.29, 1.82) is 0 Å². The first-order valence-electron chi connectivity index (χ1n) is 5.74. The average molecular weight is 280 g/mol. The number of nitrogens with one attached hydrogen (secondary N) is 1. The Balaban J connectivity index is 2.21. The first kappa shape index (κ1) is 13.4. The van der Waals surface area contributed by atoms with Crippen LogP contribution >= 0.6 is 11.6 Å². The van der Waals surface area contributed by atoms with Crippen molar-refractivity contribution in [2.45, 2.75) is 13.5 Å². The third kappa shape index (κ3) is 2.71. The van der Waals surface area contributed by atoms with Crippen LogP contribution in [-0.4, -0.2) is 20.9 Å². The lowest BCUT2D eigenvalue weighted by atomic mass is 10.2. The number of carboxylic acids is 1. The van der Waals surface area contributed by atoms with E-state index in [-0.39, 0.29) is 5.56 Å². The second-order valence-electron chi connectivity index (χ2n) is 4.20. The molecule has 0 aliphatic heterocycles. The van der Waals surface area contributed by atoms with E-state index in [0.717, 1.165) is 11.3 Å². The van der Waals surface area contributed by atoms with Crippen molar-refractivity contribution in [3.8, 4) is 0 Å². The standard InChI is InChI=1S/C13H14ClN3O2/c1-8-10(14)4-3-5-11(8)15-7-12-9(13(18)19)6-16-17(12)2/h3-6,15H,7H2,1-2H3,(H,18,19). The largest absolute Gasteiger partial charge is 0.478 e. The fourth-order valence-corrected chi connectivity index (χ4v) is 2.00. The molecule has 1 aromatic heterocycles. The minimum absolute atomic E-state index is 0.203. The number of halogens is 1. The summed E-state index contributed by atoms with van der Waals surface area (Å²) in [5, 5.41) is 16.9. The van der Waals surface area contributed by atoms with E-state index in [2.05, 4.69) is 10.4 Å². The van der Waals surface area contributed by atoms with Gasteiger partial charge in [0.1, 0.15) is 5.56 Å². The van der Waals surface area contributed by atoms with Gasteiger partial charge in [0.2, 0.25) is 0 Å². The molecule has 0 fully saturated rings. The number of anilines is 1. The Morgan fingerprint density at radius 1 is 1.53 bits per heavy atom. The van der Waals surface area contributed by atoms with Crippen LogP contribution in [0.25, 0.3) is 0 Å². The zero-order chi connectivity index (χ0) is 14.0. The van der Waals surface area contributed by atoms with E-state index < -0.39 is 5.97 Å². The van der Waals surface area contributed by atoms with Crippen LogP contribution in [0.4, 0.5) is 5.69 Å². The molecule has 0 unspecified atom stereocenters. The first-order chi connectivity index (χ1) is 9.00. The SMILES string of the molecule is Cc1c(Cl)cccc1NCc1c(C(=O)O)cnn1C. The Labute approximate surface area is 115 Å². The molecule has 0 amide bonds. The Morgan fingerprint density at radius 3 is 2.95 bits per heavy atom. The van der Waals surface area contributed by atoms with Gasteiger partial charge in [-0.3, -0.25) is 4.68 Å². The van der Waals surface area contributed by atoms with Crippen LogP contribution in [0.15, 0.2) is 24.4 Å². The third-order valence-electron chi connectivity index (χ3n) is 3.01. The summed E-state index contributed by atoms with van der Waals surface area (Å²) in [5.74, 6) is -0.979. The second kappa shape index (κ2) is 5.32. The van der Waals surface area contributed by atoms with Crippen molar-refractivity contribution < 1.29 is 9.90 Å². The van der Waals surface area contributed by atoms with Gasteiger partial charge in [-0.2, -0.15) is 5.10 Å². The van der Waals surface area contributed by atoms with E-state index in [4.69, 9.17) is 16.7 Å². The second-order valence-corrected chi connectivity index (χ2v) is 4.61. The third-order valence-corrected chi connectivity index (χ3v) is 3.42. The van der Waals surface area contributed by atoms with Gasteiger partial charge < -0.3 is 10.4 Å². The molecule has 0 atom stereocenters. The molecule has 0 spiro atoms. The Kier molecular flexibility index (Phi) is 3.76. The normalized spacial score (nSPS) is 10.5. The van der Waals surface area contributed by atoms with Crippen LogP contribution in [0.3, 0.4) is 0 Å². The molecule has 0 saturated heterocycles. The molecular weight excluding hydrogens is 266 g/mol. The van der Waals surface area contributed by atoms with Gasteiger partial charge in [-0.05, 0) is 24.6 Å². The molecule has 100 valence electrons. The number of hydrogen-bond acceptors (Lipinski definition) is 3. The molecule has 5 nitrogen and oxygen atoms in total. The van der Waals surface area contributed by atoms with E-state index in [1.54, 1.807) is 11.7 Å². The van der Waals surface area contributed by atoms with E-state index in [1.807, 2.05) is 25.1 Å². The van der Waals surface area contributed by atoms with Gasteiger partial charge in [0, 0.05) is 17.8 Å². The molecule has 0 bridgehead atoms. The molecule has 1 heterocycles. The van der Waals surface area contributed by atoms with Crippen LogP contribution in [0.1, 0.15) is 21.6 Å². The lowest BCUT2D eigenvalue weighted by Crippen LogP contribution is -2.10. The number of aryl methyl sites for hydroxylation is 1. The van der Waals surface area contributed by atoms with Crippen molar-refractivity contribution in [2.24, 2.45) is 7.05 Å². The molecule has 19 heavy (non-hydrogen) atoms. The number of carboxylic acid groups (broad SMARTS) is 1. The molecule has 2 rings (SSSR count). The highest BCUT2D eigenvalue weighted by molar-refractivity contribution is 6.31. The summed E-state index contributed by atoms with van der Waals surface area (Å²) in [5.41, 5.74) is 2.63. The number of carbonyl (C=O) groups is 1. The summed E-state index contributed by atoms with van der Waals surface area (Å²) in [6.07, 6.45) is 1.35. The highest BCUT2D eigenvalue weighted by Gasteiger charge is 2.14. The van der Waals surface area contributed by atoms with E-state index in [9.17, 15) is 4.79 Å². The number of nitrogens with zero attached hydrogens (tertiary/aromatic N) is 2.